The number of rotatable bonds is 7. The van der Waals surface area contributed by atoms with Crippen molar-refractivity contribution >= 4 is 17.6 Å². The lowest BCUT2D eigenvalue weighted by atomic mass is 10.1. The maximum Gasteiger partial charge on any atom is 0.358 e. The number of ether oxygens (including phenoxy) is 1. The van der Waals surface area contributed by atoms with Gasteiger partial charge in [0.1, 0.15) is 12.2 Å². The van der Waals surface area contributed by atoms with E-state index in [0.717, 1.165) is 30.4 Å². The number of carboxylic acid groups (broad SMARTS) is 1. The second-order valence-corrected chi connectivity index (χ2v) is 7.62. The summed E-state index contributed by atoms with van der Waals surface area (Å²) >= 11 is 0. The van der Waals surface area contributed by atoms with Crippen molar-refractivity contribution in [3.63, 3.8) is 0 Å². The molecule has 4 rings (SSSR count). The number of carboxylic acids is 1. The van der Waals surface area contributed by atoms with Crippen LogP contribution in [0.5, 0.6) is 5.88 Å². The van der Waals surface area contributed by atoms with Crippen LogP contribution >= 0.6 is 0 Å². The first-order valence-corrected chi connectivity index (χ1v) is 10.3. The molecular formula is C22H22N8O3. The molecular weight excluding hydrogens is 424 g/mol. The summed E-state index contributed by atoms with van der Waals surface area (Å²) in [4.78, 5) is 27.9. The summed E-state index contributed by atoms with van der Waals surface area (Å²) in [5, 5.41) is 21.1. The third kappa shape index (κ3) is 4.97. The number of hydrogen-bond donors (Lipinski definition) is 4. The van der Waals surface area contributed by atoms with E-state index in [4.69, 9.17) is 21.5 Å². The number of aromatic carboxylic acids is 1. The molecule has 11 heteroatoms. The number of carbonyl (C=O) groups is 1. The Labute approximate surface area is 189 Å². The molecule has 3 aromatic rings. The van der Waals surface area contributed by atoms with E-state index in [1.54, 1.807) is 12.3 Å². The Bertz CT molecular complexity index is 1210. The average molecular weight is 446 g/mol. The highest BCUT2D eigenvalue weighted by molar-refractivity contribution is 5.90. The zero-order valence-corrected chi connectivity index (χ0v) is 17.6. The van der Waals surface area contributed by atoms with Crippen molar-refractivity contribution in [1.82, 2.24) is 19.9 Å². The summed E-state index contributed by atoms with van der Waals surface area (Å²) in [5.74, 6) is -0.685. The van der Waals surface area contributed by atoms with Crippen molar-refractivity contribution in [2.75, 3.05) is 11.1 Å². The molecule has 1 aliphatic carbocycles. The summed E-state index contributed by atoms with van der Waals surface area (Å²) < 4.78 is 5.92. The normalized spacial score (nSPS) is 17.3. The van der Waals surface area contributed by atoms with Crippen molar-refractivity contribution in [2.45, 2.75) is 38.0 Å². The van der Waals surface area contributed by atoms with E-state index in [0.29, 0.717) is 12.2 Å². The van der Waals surface area contributed by atoms with Gasteiger partial charge in [-0.2, -0.15) is 5.26 Å². The second-order valence-electron chi connectivity index (χ2n) is 7.62. The fourth-order valence-electron chi connectivity index (χ4n) is 3.55. The summed E-state index contributed by atoms with van der Waals surface area (Å²) in [6.45, 7) is 0.308. The maximum absolute atomic E-state index is 11.4. The zero-order chi connectivity index (χ0) is 23.4. The first kappa shape index (κ1) is 21.9. The maximum atomic E-state index is 11.4. The molecule has 1 aromatic carbocycles. The number of benzene rings is 1. The average Bonchev–Trinajstić information content (AvgIpc) is 3.23. The topological polar surface area (TPSA) is 186 Å². The summed E-state index contributed by atoms with van der Waals surface area (Å²) in [5.41, 5.74) is 13.9. The van der Waals surface area contributed by atoms with Crippen LogP contribution in [0.1, 0.15) is 41.0 Å². The number of nitrogens with one attached hydrogen (secondary N) is 1. The predicted molar refractivity (Wildman–Crippen MR) is 119 cm³/mol. The largest absolute Gasteiger partial charge is 0.476 e. The van der Waals surface area contributed by atoms with Crippen LogP contribution in [0.15, 0.2) is 36.7 Å². The van der Waals surface area contributed by atoms with E-state index in [1.807, 2.05) is 24.3 Å². The summed E-state index contributed by atoms with van der Waals surface area (Å²) in [7, 11) is 0. The number of nitrogens with two attached hydrogens (primary N) is 2. The van der Waals surface area contributed by atoms with Gasteiger partial charge in [0, 0.05) is 18.2 Å². The van der Waals surface area contributed by atoms with Crippen LogP contribution in [0.3, 0.4) is 0 Å². The molecule has 0 unspecified atom stereocenters. The van der Waals surface area contributed by atoms with Crippen LogP contribution in [0, 0.1) is 11.3 Å². The van der Waals surface area contributed by atoms with Crippen molar-refractivity contribution in [2.24, 2.45) is 5.73 Å². The molecule has 0 radical (unpaired) electrons. The van der Waals surface area contributed by atoms with Crippen LogP contribution in [0.25, 0.3) is 11.3 Å². The highest BCUT2D eigenvalue weighted by Crippen LogP contribution is 2.28. The number of nitriles is 1. The quantitative estimate of drug-likeness (QED) is 0.415. The minimum Gasteiger partial charge on any atom is -0.476 e. The smallest absolute Gasteiger partial charge is 0.358 e. The van der Waals surface area contributed by atoms with Gasteiger partial charge in [-0.3, -0.25) is 0 Å². The van der Waals surface area contributed by atoms with Gasteiger partial charge < -0.3 is 26.6 Å². The Morgan fingerprint density at radius 2 is 2.00 bits per heavy atom. The van der Waals surface area contributed by atoms with E-state index < -0.39 is 5.97 Å². The number of aromatic nitrogens is 4. The lowest BCUT2D eigenvalue weighted by Gasteiger charge is -2.18. The molecule has 0 saturated heterocycles. The first-order chi connectivity index (χ1) is 15.9. The van der Waals surface area contributed by atoms with Gasteiger partial charge in [-0.05, 0) is 24.8 Å². The van der Waals surface area contributed by atoms with Crippen LogP contribution in [-0.2, 0) is 6.54 Å². The number of anilines is 2. The lowest BCUT2D eigenvalue weighted by Crippen LogP contribution is -2.34. The zero-order valence-electron chi connectivity index (χ0n) is 17.6. The Morgan fingerprint density at radius 1 is 1.21 bits per heavy atom. The lowest BCUT2D eigenvalue weighted by molar-refractivity contribution is 0.0691. The van der Waals surface area contributed by atoms with Crippen molar-refractivity contribution in [3.8, 4) is 23.2 Å². The highest BCUT2D eigenvalue weighted by Gasteiger charge is 2.27. The van der Waals surface area contributed by atoms with Gasteiger partial charge in [0.15, 0.2) is 23.0 Å². The molecule has 1 aliphatic rings. The molecule has 2 heterocycles. The molecule has 11 nitrogen and oxygen atoms in total. The standard InChI is InChI=1S/C22H22N8O3/c23-8-14-10-28-20(18(29-14)22(31)32)27-9-12-4-6-13(7-5-12)16-11-26-19(25)21(30-16)33-17-3-1-2-15(17)24/h4-7,10-11,15,17H,1-3,9,24H2,(H2,25,26)(H,27,28)(H,31,32)/t15-,17-/m1/s1. The van der Waals surface area contributed by atoms with Crippen LogP contribution < -0.4 is 21.5 Å². The van der Waals surface area contributed by atoms with Crippen molar-refractivity contribution in [3.05, 3.63) is 53.6 Å². The number of hydrogen-bond acceptors (Lipinski definition) is 10. The van der Waals surface area contributed by atoms with E-state index >= 15 is 0 Å². The Morgan fingerprint density at radius 3 is 2.67 bits per heavy atom. The molecule has 1 fully saturated rings. The van der Waals surface area contributed by atoms with Crippen LogP contribution in [0.2, 0.25) is 0 Å². The van der Waals surface area contributed by atoms with Gasteiger partial charge in [0.2, 0.25) is 0 Å². The molecule has 0 aliphatic heterocycles. The molecule has 1 saturated carbocycles. The monoisotopic (exact) mass is 446 g/mol. The minimum absolute atomic E-state index is 0.0379. The molecule has 0 amide bonds. The summed E-state index contributed by atoms with van der Waals surface area (Å²) in [6, 6.07) is 9.20. The second kappa shape index (κ2) is 9.46. The molecule has 2 atom stereocenters. The van der Waals surface area contributed by atoms with Gasteiger partial charge >= 0.3 is 5.97 Å². The SMILES string of the molecule is N#Cc1cnc(NCc2ccc(-c3cnc(N)c(O[C@@H]4CCC[C@H]4N)n3)cc2)c(C(=O)O)n1. The molecule has 33 heavy (non-hydrogen) atoms. The van der Waals surface area contributed by atoms with E-state index in [2.05, 4.69) is 25.3 Å². The molecule has 0 bridgehead atoms. The van der Waals surface area contributed by atoms with Crippen LogP contribution in [0.4, 0.5) is 11.6 Å². The van der Waals surface area contributed by atoms with Gasteiger partial charge in [-0.25, -0.2) is 24.7 Å². The Hall–Kier alpha value is -4.30. The molecule has 0 spiro atoms. The molecule has 2 aromatic heterocycles. The van der Waals surface area contributed by atoms with Crippen LogP contribution in [-0.4, -0.2) is 43.2 Å². The van der Waals surface area contributed by atoms with Gasteiger partial charge in [-0.15, -0.1) is 0 Å². The van der Waals surface area contributed by atoms with Gasteiger partial charge in [-0.1, -0.05) is 24.3 Å². The number of nitrogens with zero attached hydrogens (tertiary/aromatic N) is 5. The van der Waals surface area contributed by atoms with Crippen molar-refractivity contribution < 1.29 is 14.6 Å². The molecule has 168 valence electrons. The highest BCUT2D eigenvalue weighted by atomic mass is 16.5. The summed E-state index contributed by atoms with van der Waals surface area (Å²) in [6.07, 6.45) is 5.46. The third-order valence-electron chi connectivity index (χ3n) is 5.33. The third-order valence-corrected chi connectivity index (χ3v) is 5.33. The van der Waals surface area contributed by atoms with E-state index in [1.165, 1.54) is 6.20 Å². The predicted octanol–water partition coefficient (Wildman–Crippen LogP) is 1.96. The van der Waals surface area contributed by atoms with Gasteiger partial charge in [0.05, 0.1) is 18.1 Å². The Balaban J connectivity index is 1.46. The fraction of sp³-hybridized carbons (Fsp3) is 0.273. The van der Waals surface area contributed by atoms with E-state index in [9.17, 15) is 9.90 Å². The first-order valence-electron chi connectivity index (χ1n) is 10.3. The molecule has 6 N–H and O–H groups in total. The fourth-order valence-corrected chi connectivity index (χ4v) is 3.55. The van der Waals surface area contributed by atoms with Crippen molar-refractivity contribution in [1.29, 1.82) is 5.26 Å². The number of nitrogen functional groups attached to an aromatic ring is 1. The van der Waals surface area contributed by atoms with Gasteiger partial charge in [0.25, 0.3) is 5.88 Å². The Kier molecular flexibility index (Phi) is 6.28. The minimum atomic E-state index is -1.27. The van der Waals surface area contributed by atoms with E-state index in [-0.39, 0.29) is 41.0 Å².